The molecule has 0 spiro atoms. The van der Waals surface area contributed by atoms with Crippen LogP contribution < -0.4 is 5.32 Å². The SMILES string of the molecule is CS(=O)c1ccccc1NCc1ccc(-c2cnn(I)c2)cc1F. The van der Waals surface area contributed by atoms with E-state index in [0.717, 1.165) is 16.8 Å². The van der Waals surface area contributed by atoms with Gasteiger partial charge in [-0.1, -0.05) is 24.3 Å². The summed E-state index contributed by atoms with van der Waals surface area (Å²) in [4.78, 5) is 0.712. The minimum atomic E-state index is -1.10. The molecule has 24 heavy (non-hydrogen) atoms. The van der Waals surface area contributed by atoms with E-state index in [1.807, 2.05) is 53.3 Å². The molecular weight excluding hydrogens is 440 g/mol. The summed E-state index contributed by atoms with van der Waals surface area (Å²) in [7, 11) is -1.10. The van der Waals surface area contributed by atoms with E-state index in [9.17, 15) is 8.60 Å². The molecule has 0 saturated heterocycles. The number of para-hydroxylation sites is 1. The maximum absolute atomic E-state index is 14.4. The average Bonchev–Trinajstić information content (AvgIpc) is 3.00. The molecule has 4 nitrogen and oxygen atoms in total. The van der Waals surface area contributed by atoms with Crippen molar-refractivity contribution >= 4 is 39.4 Å². The van der Waals surface area contributed by atoms with Crippen LogP contribution in [0.15, 0.2) is 59.8 Å². The fraction of sp³-hybridized carbons (Fsp3) is 0.118. The zero-order valence-electron chi connectivity index (χ0n) is 12.9. The van der Waals surface area contributed by atoms with Crippen LogP contribution in [0.1, 0.15) is 5.56 Å². The van der Waals surface area contributed by atoms with E-state index in [4.69, 9.17) is 0 Å². The fourth-order valence-corrected chi connectivity index (χ4v) is 3.52. The van der Waals surface area contributed by atoms with Gasteiger partial charge in [0.05, 0.1) is 50.4 Å². The predicted octanol–water partition coefficient (Wildman–Crippen LogP) is 4.24. The average molecular weight is 455 g/mol. The van der Waals surface area contributed by atoms with Gasteiger partial charge in [-0.25, -0.2) is 7.29 Å². The minimum absolute atomic E-state index is 0.281. The van der Waals surface area contributed by atoms with Gasteiger partial charge < -0.3 is 5.32 Å². The molecule has 0 bridgehead atoms. The Morgan fingerprint density at radius 2 is 2.04 bits per heavy atom. The molecule has 1 N–H and O–H groups in total. The second-order valence-electron chi connectivity index (χ2n) is 5.23. The molecule has 1 aromatic heterocycles. The van der Waals surface area contributed by atoms with Crippen LogP contribution in [0.25, 0.3) is 11.1 Å². The van der Waals surface area contributed by atoms with Crippen molar-refractivity contribution in [2.24, 2.45) is 0 Å². The van der Waals surface area contributed by atoms with Crippen LogP contribution in [-0.4, -0.2) is 18.5 Å². The Bertz CT molecular complexity index is 897. The van der Waals surface area contributed by atoms with E-state index >= 15 is 0 Å². The van der Waals surface area contributed by atoms with Gasteiger partial charge >= 0.3 is 0 Å². The Morgan fingerprint density at radius 3 is 2.71 bits per heavy atom. The maximum Gasteiger partial charge on any atom is 0.128 e. The standard InChI is InChI=1S/C17H15FIN3OS/c1-24(23)17-5-3-2-4-16(17)20-9-13-7-6-12(8-15(13)18)14-10-21-22(19)11-14/h2-8,10-11,20H,9H2,1H3. The van der Waals surface area contributed by atoms with Crippen molar-refractivity contribution in [2.75, 3.05) is 11.6 Å². The summed E-state index contributed by atoms with van der Waals surface area (Å²) >= 11 is 2.05. The highest BCUT2D eigenvalue weighted by atomic mass is 127. The quantitative estimate of drug-likeness (QED) is 0.586. The summed E-state index contributed by atoms with van der Waals surface area (Å²) in [6, 6.07) is 12.5. The number of aromatic nitrogens is 2. The lowest BCUT2D eigenvalue weighted by Gasteiger charge is -2.11. The molecule has 0 fully saturated rings. The second kappa shape index (κ2) is 7.43. The van der Waals surface area contributed by atoms with Gasteiger partial charge in [0.15, 0.2) is 0 Å². The maximum atomic E-state index is 14.4. The van der Waals surface area contributed by atoms with E-state index in [1.54, 1.807) is 27.5 Å². The molecule has 124 valence electrons. The number of anilines is 1. The Kier molecular flexibility index (Phi) is 5.30. The molecule has 1 atom stereocenters. The second-order valence-corrected chi connectivity index (χ2v) is 7.56. The van der Waals surface area contributed by atoms with E-state index in [0.29, 0.717) is 17.0 Å². The van der Waals surface area contributed by atoms with Gasteiger partial charge in [-0.2, -0.15) is 5.10 Å². The molecular formula is C17H15FIN3OS. The first-order valence-corrected chi connectivity index (χ1v) is 9.73. The summed E-state index contributed by atoms with van der Waals surface area (Å²) in [5.41, 5.74) is 2.97. The first kappa shape index (κ1) is 17.1. The third kappa shape index (κ3) is 3.84. The lowest BCUT2D eigenvalue weighted by atomic mass is 10.1. The van der Waals surface area contributed by atoms with Crippen molar-refractivity contribution < 1.29 is 8.60 Å². The van der Waals surface area contributed by atoms with Crippen LogP contribution in [-0.2, 0) is 17.3 Å². The van der Waals surface area contributed by atoms with Crippen LogP contribution in [0, 0.1) is 5.82 Å². The van der Waals surface area contributed by atoms with Crippen molar-refractivity contribution in [3.8, 4) is 11.1 Å². The summed E-state index contributed by atoms with van der Waals surface area (Å²) in [6.07, 6.45) is 5.16. The minimum Gasteiger partial charge on any atom is -0.380 e. The van der Waals surface area contributed by atoms with E-state index in [2.05, 4.69) is 10.4 Å². The third-order valence-corrected chi connectivity index (χ3v) is 5.11. The number of rotatable bonds is 5. The molecule has 3 rings (SSSR count). The summed E-state index contributed by atoms with van der Waals surface area (Å²) in [6.45, 7) is 0.325. The van der Waals surface area contributed by atoms with Gasteiger partial charge in [0.25, 0.3) is 0 Å². The predicted molar refractivity (Wildman–Crippen MR) is 103 cm³/mol. The van der Waals surface area contributed by atoms with Crippen LogP contribution >= 0.6 is 22.9 Å². The monoisotopic (exact) mass is 455 g/mol. The molecule has 0 saturated carbocycles. The van der Waals surface area contributed by atoms with Gasteiger partial charge in [0.2, 0.25) is 0 Å². The number of benzene rings is 2. The van der Waals surface area contributed by atoms with Crippen LogP contribution in [0.3, 0.4) is 0 Å². The van der Waals surface area contributed by atoms with Gasteiger partial charge in [-0.05, 0) is 23.8 Å². The molecule has 1 unspecified atom stereocenters. The number of nitrogens with one attached hydrogen (secondary N) is 1. The Balaban J connectivity index is 1.78. The molecule has 0 aliphatic carbocycles. The van der Waals surface area contributed by atoms with Crippen LogP contribution in [0.4, 0.5) is 10.1 Å². The van der Waals surface area contributed by atoms with Crippen LogP contribution in [0.5, 0.6) is 0 Å². The fourth-order valence-electron chi connectivity index (χ4n) is 2.37. The first-order chi connectivity index (χ1) is 11.5. The molecule has 1 heterocycles. The van der Waals surface area contributed by atoms with E-state index < -0.39 is 10.8 Å². The Labute approximate surface area is 156 Å². The third-order valence-electron chi connectivity index (χ3n) is 3.61. The number of nitrogens with zero attached hydrogens (tertiary/aromatic N) is 2. The highest BCUT2D eigenvalue weighted by Crippen LogP contribution is 2.24. The zero-order chi connectivity index (χ0) is 17.1. The molecule has 0 amide bonds. The molecule has 3 aromatic rings. The normalized spacial score (nSPS) is 12.1. The molecule has 0 radical (unpaired) electrons. The van der Waals surface area contributed by atoms with E-state index in [-0.39, 0.29) is 5.82 Å². The Morgan fingerprint density at radius 1 is 1.25 bits per heavy atom. The van der Waals surface area contributed by atoms with Crippen molar-refractivity contribution in [3.05, 3.63) is 66.2 Å². The molecule has 2 aromatic carbocycles. The van der Waals surface area contributed by atoms with Crippen LogP contribution in [0.2, 0.25) is 0 Å². The topological polar surface area (TPSA) is 46.9 Å². The highest BCUT2D eigenvalue weighted by Gasteiger charge is 2.09. The molecule has 0 aliphatic heterocycles. The molecule has 7 heteroatoms. The first-order valence-electron chi connectivity index (χ1n) is 7.20. The number of hydrogen-bond acceptors (Lipinski definition) is 3. The molecule has 0 aliphatic rings. The van der Waals surface area contributed by atoms with Gasteiger partial charge in [-0.3, -0.25) is 4.21 Å². The number of halogens is 2. The van der Waals surface area contributed by atoms with E-state index in [1.165, 1.54) is 6.07 Å². The lowest BCUT2D eigenvalue weighted by Crippen LogP contribution is -2.04. The lowest BCUT2D eigenvalue weighted by molar-refractivity contribution is 0.613. The van der Waals surface area contributed by atoms with Gasteiger partial charge in [0, 0.05) is 30.1 Å². The van der Waals surface area contributed by atoms with Crippen molar-refractivity contribution in [1.82, 2.24) is 7.99 Å². The van der Waals surface area contributed by atoms with Crippen molar-refractivity contribution in [1.29, 1.82) is 0 Å². The Hall–Kier alpha value is -1.74. The van der Waals surface area contributed by atoms with Crippen molar-refractivity contribution in [3.63, 3.8) is 0 Å². The van der Waals surface area contributed by atoms with Gasteiger partial charge in [-0.15, -0.1) is 0 Å². The summed E-state index contributed by atoms with van der Waals surface area (Å²) < 4.78 is 27.8. The van der Waals surface area contributed by atoms with Crippen molar-refractivity contribution in [2.45, 2.75) is 11.4 Å². The highest BCUT2D eigenvalue weighted by molar-refractivity contribution is 14.1. The summed E-state index contributed by atoms with van der Waals surface area (Å²) in [5.74, 6) is -0.281. The largest absolute Gasteiger partial charge is 0.380 e. The zero-order valence-corrected chi connectivity index (χ0v) is 15.8. The summed E-state index contributed by atoms with van der Waals surface area (Å²) in [5, 5.41) is 7.25. The smallest absolute Gasteiger partial charge is 0.128 e. The number of hydrogen-bond donors (Lipinski definition) is 1. The van der Waals surface area contributed by atoms with Gasteiger partial charge in [0.1, 0.15) is 5.82 Å².